The van der Waals surface area contributed by atoms with Gasteiger partial charge in [-0.15, -0.1) is 0 Å². The van der Waals surface area contributed by atoms with Crippen molar-refractivity contribution < 1.29 is 8.78 Å². The van der Waals surface area contributed by atoms with Crippen LogP contribution < -0.4 is 10.2 Å². The summed E-state index contributed by atoms with van der Waals surface area (Å²) in [7, 11) is 1.79. The molecule has 2 heterocycles. The lowest BCUT2D eigenvalue weighted by atomic mass is 10.3. The Balaban J connectivity index is 2.08. The van der Waals surface area contributed by atoms with Crippen molar-refractivity contribution in [3.05, 3.63) is 23.8 Å². The zero-order valence-electron chi connectivity index (χ0n) is 10.8. The van der Waals surface area contributed by atoms with Crippen LogP contribution in [0.2, 0.25) is 0 Å². The van der Waals surface area contributed by atoms with E-state index in [0.29, 0.717) is 11.5 Å². The lowest BCUT2D eigenvalue weighted by Crippen LogP contribution is -2.29. The second-order valence-corrected chi connectivity index (χ2v) is 4.82. The molecule has 1 aliphatic heterocycles. The molecule has 0 aliphatic carbocycles. The van der Waals surface area contributed by atoms with E-state index < -0.39 is 11.6 Å². The van der Waals surface area contributed by atoms with Gasteiger partial charge in [-0.1, -0.05) is 0 Å². The van der Waals surface area contributed by atoms with Gasteiger partial charge >= 0.3 is 0 Å². The second-order valence-electron chi connectivity index (χ2n) is 4.82. The van der Waals surface area contributed by atoms with Crippen LogP contribution in [0.4, 0.5) is 14.7 Å². The van der Waals surface area contributed by atoms with Gasteiger partial charge in [0, 0.05) is 38.8 Å². The number of hydrogen-bond donors (Lipinski definition) is 1. The number of aryl methyl sites for hydroxylation is 1. The molecule has 2 aromatic rings. The number of halogens is 2. The fourth-order valence-electron chi connectivity index (χ4n) is 2.53. The molecule has 3 rings (SSSR count). The molecular formula is C13H16F2N4. The van der Waals surface area contributed by atoms with Gasteiger partial charge in [0.2, 0.25) is 5.95 Å². The first kappa shape index (κ1) is 12.3. The highest BCUT2D eigenvalue weighted by Crippen LogP contribution is 2.24. The lowest BCUT2D eigenvalue weighted by molar-refractivity contribution is 0.590. The molecule has 19 heavy (non-hydrogen) atoms. The number of anilines is 1. The molecule has 1 fully saturated rings. The van der Waals surface area contributed by atoms with Crippen LogP contribution in [0.15, 0.2) is 12.1 Å². The maximum absolute atomic E-state index is 13.7. The zero-order chi connectivity index (χ0) is 13.4. The summed E-state index contributed by atoms with van der Waals surface area (Å²) >= 11 is 0. The molecule has 0 unspecified atom stereocenters. The lowest BCUT2D eigenvalue weighted by Gasteiger charge is -2.20. The van der Waals surface area contributed by atoms with E-state index in [2.05, 4.69) is 15.2 Å². The molecular weight excluding hydrogens is 250 g/mol. The van der Waals surface area contributed by atoms with Gasteiger partial charge in [0.05, 0.1) is 5.52 Å². The molecule has 0 bridgehead atoms. The number of imidazole rings is 1. The summed E-state index contributed by atoms with van der Waals surface area (Å²) in [6.07, 6.45) is 1.01. The van der Waals surface area contributed by atoms with Crippen LogP contribution >= 0.6 is 0 Å². The van der Waals surface area contributed by atoms with Gasteiger partial charge in [0.1, 0.15) is 11.3 Å². The smallest absolute Gasteiger partial charge is 0.206 e. The number of rotatable bonds is 1. The summed E-state index contributed by atoms with van der Waals surface area (Å²) in [6, 6.07) is 2.20. The topological polar surface area (TPSA) is 33.1 Å². The molecule has 102 valence electrons. The minimum absolute atomic E-state index is 0.233. The average Bonchev–Trinajstić information content (AvgIpc) is 2.58. The molecule has 0 spiro atoms. The highest BCUT2D eigenvalue weighted by molar-refractivity contribution is 5.79. The van der Waals surface area contributed by atoms with Gasteiger partial charge < -0.3 is 14.8 Å². The minimum Gasteiger partial charge on any atom is -0.341 e. The quantitative estimate of drug-likeness (QED) is 0.852. The van der Waals surface area contributed by atoms with Gasteiger partial charge in [-0.3, -0.25) is 0 Å². The Morgan fingerprint density at radius 1 is 1.21 bits per heavy atom. The summed E-state index contributed by atoms with van der Waals surface area (Å²) < 4.78 is 28.8. The highest BCUT2D eigenvalue weighted by atomic mass is 19.1. The molecule has 4 nitrogen and oxygen atoms in total. The van der Waals surface area contributed by atoms with Crippen LogP contribution in [-0.2, 0) is 7.05 Å². The Morgan fingerprint density at radius 3 is 2.89 bits per heavy atom. The fourth-order valence-corrected chi connectivity index (χ4v) is 2.53. The Morgan fingerprint density at radius 2 is 2.05 bits per heavy atom. The Labute approximate surface area is 110 Å². The highest BCUT2D eigenvalue weighted by Gasteiger charge is 2.18. The predicted octanol–water partition coefficient (Wildman–Crippen LogP) is 1.65. The normalized spacial score (nSPS) is 16.9. The Bertz CT molecular complexity index is 600. The SMILES string of the molecule is Cn1c(N2CCCNCC2)nc2c(F)cc(F)cc21. The summed E-state index contributed by atoms with van der Waals surface area (Å²) in [5, 5.41) is 3.31. The molecule has 1 aromatic carbocycles. The van der Waals surface area contributed by atoms with Crippen molar-refractivity contribution in [3.63, 3.8) is 0 Å². The number of nitrogens with one attached hydrogen (secondary N) is 1. The van der Waals surface area contributed by atoms with E-state index in [-0.39, 0.29) is 5.52 Å². The number of hydrogen-bond acceptors (Lipinski definition) is 3. The van der Waals surface area contributed by atoms with Crippen molar-refractivity contribution in [1.29, 1.82) is 0 Å². The second kappa shape index (κ2) is 4.77. The van der Waals surface area contributed by atoms with E-state index in [9.17, 15) is 8.78 Å². The van der Waals surface area contributed by atoms with Crippen molar-refractivity contribution in [1.82, 2.24) is 14.9 Å². The molecule has 6 heteroatoms. The fraction of sp³-hybridized carbons (Fsp3) is 0.462. The van der Waals surface area contributed by atoms with Crippen molar-refractivity contribution in [3.8, 4) is 0 Å². The zero-order valence-corrected chi connectivity index (χ0v) is 10.8. The Hall–Kier alpha value is -1.69. The monoisotopic (exact) mass is 266 g/mol. The number of aromatic nitrogens is 2. The third kappa shape index (κ3) is 2.16. The largest absolute Gasteiger partial charge is 0.341 e. The number of fused-ring (bicyclic) bond motifs is 1. The number of nitrogens with zero attached hydrogens (tertiary/aromatic N) is 3. The van der Waals surface area contributed by atoms with Crippen LogP contribution in [0.3, 0.4) is 0 Å². The van der Waals surface area contributed by atoms with Gasteiger partial charge in [-0.2, -0.15) is 0 Å². The van der Waals surface area contributed by atoms with Crippen LogP contribution in [0.5, 0.6) is 0 Å². The van der Waals surface area contributed by atoms with E-state index in [4.69, 9.17) is 0 Å². The summed E-state index contributed by atoms with van der Waals surface area (Å²) in [5.41, 5.74) is 0.723. The molecule has 0 saturated carbocycles. The maximum atomic E-state index is 13.7. The first-order chi connectivity index (χ1) is 9.16. The van der Waals surface area contributed by atoms with Gasteiger partial charge in [-0.05, 0) is 13.0 Å². The van der Waals surface area contributed by atoms with Gasteiger partial charge in [-0.25, -0.2) is 13.8 Å². The molecule has 1 aliphatic rings. The van der Waals surface area contributed by atoms with Crippen LogP contribution in [0.1, 0.15) is 6.42 Å². The molecule has 1 N–H and O–H groups in total. The summed E-state index contributed by atoms with van der Waals surface area (Å²) in [4.78, 5) is 6.45. The molecule has 1 saturated heterocycles. The van der Waals surface area contributed by atoms with Gasteiger partial charge in [0.25, 0.3) is 0 Å². The molecule has 0 atom stereocenters. The van der Waals surface area contributed by atoms with Crippen molar-refractivity contribution in [2.75, 3.05) is 31.1 Å². The van der Waals surface area contributed by atoms with Crippen LogP contribution in [0.25, 0.3) is 11.0 Å². The van der Waals surface area contributed by atoms with Crippen molar-refractivity contribution in [2.24, 2.45) is 7.05 Å². The summed E-state index contributed by atoms with van der Waals surface area (Å²) in [6.45, 7) is 3.54. The molecule has 1 aromatic heterocycles. The predicted molar refractivity (Wildman–Crippen MR) is 70.3 cm³/mol. The maximum Gasteiger partial charge on any atom is 0.206 e. The minimum atomic E-state index is -0.607. The third-order valence-electron chi connectivity index (χ3n) is 3.50. The first-order valence-electron chi connectivity index (χ1n) is 6.44. The standard InChI is InChI=1S/C13H16F2N4/c1-18-11-8-9(14)7-10(15)12(11)17-13(18)19-5-2-3-16-4-6-19/h7-8,16H,2-6H2,1H3. The van der Waals surface area contributed by atoms with E-state index in [0.717, 1.165) is 38.7 Å². The van der Waals surface area contributed by atoms with E-state index in [1.807, 2.05) is 0 Å². The number of benzene rings is 1. The van der Waals surface area contributed by atoms with Gasteiger partial charge in [0.15, 0.2) is 5.82 Å². The van der Waals surface area contributed by atoms with E-state index >= 15 is 0 Å². The first-order valence-corrected chi connectivity index (χ1v) is 6.44. The third-order valence-corrected chi connectivity index (χ3v) is 3.50. The van der Waals surface area contributed by atoms with E-state index in [1.54, 1.807) is 11.6 Å². The van der Waals surface area contributed by atoms with Crippen LogP contribution in [-0.4, -0.2) is 35.7 Å². The summed E-state index contributed by atoms with van der Waals surface area (Å²) in [5.74, 6) is -0.481. The van der Waals surface area contributed by atoms with Crippen LogP contribution in [0, 0.1) is 11.6 Å². The van der Waals surface area contributed by atoms with Crippen molar-refractivity contribution >= 4 is 17.0 Å². The van der Waals surface area contributed by atoms with E-state index in [1.165, 1.54) is 6.07 Å². The molecule has 0 radical (unpaired) electrons. The Kier molecular flexibility index (Phi) is 3.10. The molecule has 0 amide bonds. The average molecular weight is 266 g/mol. The van der Waals surface area contributed by atoms with Crippen molar-refractivity contribution in [2.45, 2.75) is 6.42 Å².